The van der Waals surface area contributed by atoms with E-state index in [0.717, 1.165) is 6.07 Å². The first kappa shape index (κ1) is 11.6. The molecular weight excluding hydrogens is 232 g/mol. The summed E-state index contributed by atoms with van der Waals surface area (Å²) < 4.78 is 28.2. The fraction of sp³-hybridized carbons (Fsp3) is 0.250. The van der Waals surface area contributed by atoms with Gasteiger partial charge < -0.3 is 4.74 Å². The fourth-order valence-electron chi connectivity index (χ4n) is 0.908. The van der Waals surface area contributed by atoms with E-state index in [1.165, 1.54) is 12.1 Å². The van der Waals surface area contributed by atoms with Gasteiger partial charge in [-0.2, -0.15) is 0 Å². The summed E-state index contributed by atoms with van der Waals surface area (Å²) in [6.45, 7) is -0.886. The fourth-order valence-corrected chi connectivity index (χ4v) is 1.07. The van der Waals surface area contributed by atoms with Gasteiger partial charge in [-0.05, 0) is 12.1 Å². The Kier molecular flexibility index (Phi) is 3.79. The van der Waals surface area contributed by atoms with E-state index < -0.39 is 23.6 Å². The molecule has 1 aromatic carbocycles. The molecule has 0 bridgehead atoms. The summed E-state index contributed by atoms with van der Waals surface area (Å²) in [5.41, 5.74) is -0.428. The van der Waals surface area contributed by atoms with E-state index in [-0.39, 0.29) is 10.8 Å². The van der Waals surface area contributed by atoms with Gasteiger partial charge in [-0.25, -0.2) is 8.78 Å². The van der Waals surface area contributed by atoms with Crippen LogP contribution < -0.4 is 4.74 Å². The van der Waals surface area contributed by atoms with Gasteiger partial charge >= 0.3 is 5.69 Å². The molecular formula is C8H6ClF2NO3. The lowest BCUT2D eigenvalue weighted by molar-refractivity contribution is -0.385. The largest absolute Gasteiger partial charge is 0.481 e. The predicted octanol–water partition coefficient (Wildman–Crippen LogP) is 2.89. The zero-order valence-electron chi connectivity index (χ0n) is 7.32. The molecule has 15 heavy (non-hydrogen) atoms. The monoisotopic (exact) mass is 237 g/mol. The van der Waals surface area contributed by atoms with Crippen molar-refractivity contribution in [1.82, 2.24) is 0 Å². The minimum Gasteiger partial charge on any atom is -0.481 e. The third-order valence-electron chi connectivity index (χ3n) is 1.48. The molecule has 0 radical (unpaired) electrons. The van der Waals surface area contributed by atoms with Crippen molar-refractivity contribution < 1.29 is 18.4 Å². The van der Waals surface area contributed by atoms with E-state index in [2.05, 4.69) is 4.74 Å². The van der Waals surface area contributed by atoms with Gasteiger partial charge in [0.15, 0.2) is 5.75 Å². The molecule has 0 heterocycles. The summed E-state index contributed by atoms with van der Waals surface area (Å²) in [5.74, 6) is -0.218. The van der Waals surface area contributed by atoms with Crippen LogP contribution in [0.3, 0.4) is 0 Å². The molecule has 0 spiro atoms. The van der Waals surface area contributed by atoms with Crippen molar-refractivity contribution in [1.29, 1.82) is 0 Å². The third-order valence-corrected chi connectivity index (χ3v) is 1.72. The first-order valence-electron chi connectivity index (χ1n) is 3.85. The minimum absolute atomic E-state index is 0.145. The van der Waals surface area contributed by atoms with Gasteiger partial charge in [-0.15, -0.1) is 0 Å². The average molecular weight is 238 g/mol. The van der Waals surface area contributed by atoms with Crippen LogP contribution >= 0.6 is 11.6 Å². The topological polar surface area (TPSA) is 52.4 Å². The van der Waals surface area contributed by atoms with Crippen molar-refractivity contribution in [3.8, 4) is 5.75 Å². The van der Waals surface area contributed by atoms with Crippen LogP contribution in [-0.4, -0.2) is 18.0 Å². The molecule has 4 nitrogen and oxygen atoms in total. The number of nitro groups is 1. The molecule has 0 N–H and O–H groups in total. The highest BCUT2D eigenvalue weighted by Crippen LogP contribution is 2.29. The maximum Gasteiger partial charge on any atom is 0.312 e. The van der Waals surface area contributed by atoms with Crippen LogP contribution in [0.1, 0.15) is 0 Å². The summed E-state index contributed by atoms with van der Waals surface area (Å²) >= 11 is 5.52. The summed E-state index contributed by atoms with van der Waals surface area (Å²) in [4.78, 5) is 9.75. The molecule has 0 aromatic heterocycles. The van der Waals surface area contributed by atoms with Crippen LogP contribution in [0.2, 0.25) is 5.02 Å². The molecule has 0 aliphatic rings. The Morgan fingerprint density at radius 3 is 2.73 bits per heavy atom. The normalized spacial score (nSPS) is 10.4. The first-order chi connectivity index (χ1) is 7.00. The number of alkyl halides is 2. The van der Waals surface area contributed by atoms with Crippen molar-refractivity contribution >= 4 is 17.3 Å². The Morgan fingerprint density at radius 2 is 2.20 bits per heavy atom. The lowest BCUT2D eigenvalue weighted by atomic mass is 10.3. The van der Waals surface area contributed by atoms with Crippen molar-refractivity contribution in [2.45, 2.75) is 6.43 Å². The number of hydrogen-bond donors (Lipinski definition) is 0. The van der Waals surface area contributed by atoms with E-state index in [4.69, 9.17) is 11.6 Å². The quantitative estimate of drug-likeness (QED) is 0.598. The SMILES string of the molecule is O=[N+]([O-])c1cc(Cl)ccc1OCC(F)F. The molecule has 0 saturated heterocycles. The maximum absolute atomic E-state index is 11.8. The van der Waals surface area contributed by atoms with E-state index in [0.29, 0.717) is 0 Å². The molecule has 0 aliphatic carbocycles. The second-order valence-corrected chi connectivity index (χ2v) is 3.01. The molecule has 7 heteroatoms. The number of rotatable bonds is 4. The van der Waals surface area contributed by atoms with Gasteiger partial charge in [0.2, 0.25) is 0 Å². The first-order valence-corrected chi connectivity index (χ1v) is 4.23. The van der Waals surface area contributed by atoms with Gasteiger partial charge in [-0.3, -0.25) is 10.1 Å². The number of benzene rings is 1. The smallest absolute Gasteiger partial charge is 0.312 e. The molecule has 0 saturated carbocycles. The number of halogens is 3. The lowest BCUT2D eigenvalue weighted by Crippen LogP contribution is -2.08. The lowest BCUT2D eigenvalue weighted by Gasteiger charge is -2.05. The Hall–Kier alpha value is -1.43. The van der Waals surface area contributed by atoms with Crippen molar-refractivity contribution in [2.75, 3.05) is 6.61 Å². The van der Waals surface area contributed by atoms with Gasteiger partial charge in [-0.1, -0.05) is 11.6 Å². The molecule has 0 amide bonds. The summed E-state index contributed by atoms with van der Waals surface area (Å²) in [6, 6.07) is 3.56. The van der Waals surface area contributed by atoms with Gasteiger partial charge in [0.25, 0.3) is 6.43 Å². The molecule has 0 aliphatic heterocycles. The minimum atomic E-state index is -2.68. The zero-order valence-corrected chi connectivity index (χ0v) is 8.08. The Labute approximate surface area is 88.6 Å². The average Bonchev–Trinajstić information content (AvgIpc) is 2.15. The number of nitro benzene ring substituents is 1. The van der Waals surface area contributed by atoms with Crippen LogP contribution in [0.15, 0.2) is 18.2 Å². The molecule has 82 valence electrons. The van der Waals surface area contributed by atoms with Crippen LogP contribution in [0.4, 0.5) is 14.5 Å². The van der Waals surface area contributed by atoms with E-state index >= 15 is 0 Å². The van der Waals surface area contributed by atoms with Crippen LogP contribution in [-0.2, 0) is 0 Å². The number of hydrogen-bond acceptors (Lipinski definition) is 3. The van der Waals surface area contributed by atoms with Gasteiger partial charge in [0.1, 0.15) is 6.61 Å². The van der Waals surface area contributed by atoms with Crippen molar-refractivity contribution in [3.05, 3.63) is 33.3 Å². The van der Waals surface area contributed by atoms with Crippen LogP contribution in [0, 0.1) is 10.1 Å². The Morgan fingerprint density at radius 1 is 1.53 bits per heavy atom. The van der Waals surface area contributed by atoms with Crippen LogP contribution in [0.5, 0.6) is 5.75 Å². The molecule has 0 fully saturated rings. The highest BCUT2D eigenvalue weighted by Gasteiger charge is 2.16. The molecule has 1 aromatic rings. The number of ether oxygens (including phenoxy) is 1. The van der Waals surface area contributed by atoms with Gasteiger partial charge in [0.05, 0.1) is 4.92 Å². The molecule has 1 rings (SSSR count). The zero-order chi connectivity index (χ0) is 11.4. The standard InChI is InChI=1S/C8H6ClF2NO3/c9-5-1-2-7(15-4-8(10)11)6(3-5)12(13)14/h1-3,8H,4H2. The van der Waals surface area contributed by atoms with E-state index in [1.54, 1.807) is 0 Å². The Balaban J connectivity index is 2.91. The Bertz CT molecular complexity index is 373. The van der Waals surface area contributed by atoms with Gasteiger partial charge in [0, 0.05) is 11.1 Å². The highest BCUT2D eigenvalue weighted by molar-refractivity contribution is 6.30. The second-order valence-electron chi connectivity index (χ2n) is 2.57. The van der Waals surface area contributed by atoms with Crippen LogP contribution in [0.25, 0.3) is 0 Å². The summed E-state index contributed by atoms with van der Waals surface area (Å²) in [6.07, 6.45) is -2.68. The predicted molar refractivity (Wildman–Crippen MR) is 49.6 cm³/mol. The summed E-state index contributed by atoms with van der Waals surface area (Å²) in [5, 5.41) is 10.6. The maximum atomic E-state index is 11.8. The van der Waals surface area contributed by atoms with E-state index in [9.17, 15) is 18.9 Å². The van der Waals surface area contributed by atoms with Crippen molar-refractivity contribution in [3.63, 3.8) is 0 Å². The highest BCUT2D eigenvalue weighted by atomic mass is 35.5. The second kappa shape index (κ2) is 4.88. The number of nitrogens with zero attached hydrogens (tertiary/aromatic N) is 1. The van der Waals surface area contributed by atoms with Crippen molar-refractivity contribution in [2.24, 2.45) is 0 Å². The molecule has 0 unspecified atom stereocenters. The third kappa shape index (κ3) is 3.32. The molecule has 0 atom stereocenters. The summed E-state index contributed by atoms with van der Waals surface area (Å²) in [7, 11) is 0. The van der Waals surface area contributed by atoms with E-state index in [1.807, 2.05) is 0 Å².